The van der Waals surface area contributed by atoms with Crippen molar-refractivity contribution in [2.75, 3.05) is 25.7 Å². The zero-order chi connectivity index (χ0) is 22.5. The van der Waals surface area contributed by atoms with Crippen LogP contribution in [0, 0.1) is 0 Å². The zero-order valence-electron chi connectivity index (χ0n) is 16.8. The number of imide groups is 2. The van der Waals surface area contributed by atoms with Gasteiger partial charge in [0.2, 0.25) is 0 Å². The standard InChI is InChI=1S/C22H19ClN2O6/c1-4-9-31-18-7-5-13(11-19(18)30-3)10-15-20(26)24-22(28)25(21(15)27)14-6-8-17(29-2)16(23)12-14/h4-8,10-12H,1,9H2,2-3H3,(H,24,26,28). The summed E-state index contributed by atoms with van der Waals surface area (Å²) in [5, 5.41) is 2.37. The Hall–Kier alpha value is -3.78. The number of hydrogen-bond donors (Lipinski definition) is 1. The molecule has 1 aliphatic heterocycles. The first-order chi connectivity index (χ1) is 14.9. The number of amides is 4. The van der Waals surface area contributed by atoms with Gasteiger partial charge in [0.25, 0.3) is 11.8 Å². The normalized spacial score (nSPS) is 15.0. The Kier molecular flexibility index (Phi) is 6.61. The lowest BCUT2D eigenvalue weighted by molar-refractivity contribution is -0.122. The lowest BCUT2D eigenvalue weighted by Gasteiger charge is -2.26. The van der Waals surface area contributed by atoms with Crippen LogP contribution in [0.15, 0.2) is 54.6 Å². The Bertz CT molecular complexity index is 1100. The molecular weight excluding hydrogens is 424 g/mol. The molecule has 0 aromatic heterocycles. The Balaban J connectivity index is 1.97. The summed E-state index contributed by atoms with van der Waals surface area (Å²) in [4.78, 5) is 38.6. The molecule has 0 radical (unpaired) electrons. The fourth-order valence-electron chi connectivity index (χ4n) is 2.89. The van der Waals surface area contributed by atoms with E-state index in [4.69, 9.17) is 25.8 Å². The molecule has 0 spiro atoms. The van der Waals surface area contributed by atoms with Crippen LogP contribution in [-0.2, 0) is 9.59 Å². The Labute approximate surface area is 183 Å². The Morgan fingerprint density at radius 2 is 1.74 bits per heavy atom. The van der Waals surface area contributed by atoms with Crippen molar-refractivity contribution in [2.45, 2.75) is 0 Å². The third kappa shape index (κ3) is 4.54. The zero-order valence-corrected chi connectivity index (χ0v) is 17.6. The number of urea groups is 1. The summed E-state index contributed by atoms with van der Waals surface area (Å²) in [6, 6.07) is 8.44. The minimum atomic E-state index is -0.876. The average molecular weight is 443 g/mol. The maximum atomic E-state index is 13.0. The van der Waals surface area contributed by atoms with Gasteiger partial charge in [-0.3, -0.25) is 14.9 Å². The molecule has 160 valence electrons. The molecule has 1 fully saturated rings. The number of ether oxygens (including phenoxy) is 3. The third-order valence-corrected chi connectivity index (χ3v) is 4.65. The van der Waals surface area contributed by atoms with Gasteiger partial charge in [-0.2, -0.15) is 0 Å². The van der Waals surface area contributed by atoms with Gasteiger partial charge in [-0.1, -0.05) is 30.3 Å². The highest BCUT2D eigenvalue weighted by Gasteiger charge is 2.37. The SMILES string of the molecule is C=CCOc1ccc(C=C2C(=O)NC(=O)N(c3ccc(OC)c(Cl)c3)C2=O)cc1OC. The number of barbiturate groups is 1. The minimum Gasteiger partial charge on any atom is -0.495 e. The highest BCUT2D eigenvalue weighted by molar-refractivity contribution is 6.39. The van der Waals surface area contributed by atoms with Crippen LogP contribution in [0.5, 0.6) is 17.2 Å². The molecule has 1 N–H and O–H groups in total. The molecule has 0 atom stereocenters. The van der Waals surface area contributed by atoms with Crippen molar-refractivity contribution in [3.8, 4) is 17.2 Å². The highest BCUT2D eigenvalue weighted by Crippen LogP contribution is 2.32. The number of nitrogens with zero attached hydrogens (tertiary/aromatic N) is 1. The van der Waals surface area contributed by atoms with Crippen LogP contribution in [0.3, 0.4) is 0 Å². The molecule has 3 rings (SSSR count). The number of benzene rings is 2. The summed E-state index contributed by atoms with van der Waals surface area (Å²) in [5.41, 5.74) is 0.467. The number of carbonyl (C=O) groups excluding carboxylic acids is 3. The van der Waals surface area contributed by atoms with Crippen molar-refractivity contribution in [1.82, 2.24) is 5.32 Å². The molecule has 1 saturated heterocycles. The summed E-state index contributed by atoms with van der Waals surface area (Å²) in [6.07, 6.45) is 2.96. The fraction of sp³-hybridized carbons (Fsp3) is 0.136. The van der Waals surface area contributed by atoms with E-state index in [-0.39, 0.29) is 16.3 Å². The Morgan fingerprint density at radius 1 is 1.03 bits per heavy atom. The smallest absolute Gasteiger partial charge is 0.335 e. The van der Waals surface area contributed by atoms with E-state index in [0.29, 0.717) is 29.4 Å². The number of rotatable bonds is 7. The molecule has 1 aliphatic rings. The molecule has 2 aromatic rings. The van der Waals surface area contributed by atoms with E-state index in [9.17, 15) is 14.4 Å². The largest absolute Gasteiger partial charge is 0.495 e. The van der Waals surface area contributed by atoms with Gasteiger partial charge in [-0.05, 0) is 42.0 Å². The van der Waals surface area contributed by atoms with Crippen molar-refractivity contribution in [3.05, 3.63) is 65.2 Å². The van der Waals surface area contributed by atoms with E-state index >= 15 is 0 Å². The number of nitrogens with one attached hydrogen (secondary N) is 1. The van der Waals surface area contributed by atoms with Gasteiger partial charge in [0, 0.05) is 0 Å². The monoisotopic (exact) mass is 442 g/mol. The van der Waals surface area contributed by atoms with Gasteiger partial charge < -0.3 is 14.2 Å². The third-order valence-electron chi connectivity index (χ3n) is 4.35. The second-order valence-corrected chi connectivity index (χ2v) is 6.69. The quantitative estimate of drug-likeness (QED) is 0.400. The van der Waals surface area contributed by atoms with Gasteiger partial charge in [0.05, 0.1) is 24.9 Å². The van der Waals surface area contributed by atoms with Gasteiger partial charge in [-0.15, -0.1) is 0 Å². The van der Waals surface area contributed by atoms with Crippen molar-refractivity contribution >= 4 is 41.2 Å². The molecule has 31 heavy (non-hydrogen) atoms. The first-order valence-electron chi connectivity index (χ1n) is 9.06. The predicted molar refractivity (Wildman–Crippen MR) is 116 cm³/mol. The van der Waals surface area contributed by atoms with Crippen molar-refractivity contribution in [2.24, 2.45) is 0 Å². The van der Waals surface area contributed by atoms with E-state index in [2.05, 4.69) is 11.9 Å². The second kappa shape index (κ2) is 9.36. The summed E-state index contributed by atoms with van der Waals surface area (Å²) in [7, 11) is 2.92. The number of methoxy groups -OCH3 is 2. The van der Waals surface area contributed by atoms with Gasteiger partial charge >= 0.3 is 6.03 Å². The van der Waals surface area contributed by atoms with Crippen molar-refractivity contribution in [3.63, 3.8) is 0 Å². The molecule has 0 unspecified atom stereocenters. The Morgan fingerprint density at radius 3 is 2.39 bits per heavy atom. The van der Waals surface area contributed by atoms with Crippen LogP contribution in [0.1, 0.15) is 5.56 Å². The number of halogens is 1. The number of anilines is 1. The molecule has 8 nitrogen and oxygen atoms in total. The topological polar surface area (TPSA) is 94.2 Å². The molecule has 0 aliphatic carbocycles. The fourth-order valence-corrected chi connectivity index (χ4v) is 3.15. The van der Waals surface area contributed by atoms with E-state index < -0.39 is 17.8 Å². The van der Waals surface area contributed by atoms with Crippen LogP contribution < -0.4 is 24.4 Å². The van der Waals surface area contributed by atoms with Crippen molar-refractivity contribution < 1.29 is 28.6 Å². The number of carbonyl (C=O) groups is 3. The van der Waals surface area contributed by atoms with Gasteiger partial charge in [0.15, 0.2) is 11.5 Å². The average Bonchev–Trinajstić information content (AvgIpc) is 2.75. The number of hydrogen-bond acceptors (Lipinski definition) is 6. The maximum absolute atomic E-state index is 13.0. The van der Waals surface area contributed by atoms with Gasteiger partial charge in [-0.25, -0.2) is 9.69 Å². The van der Waals surface area contributed by atoms with E-state index in [1.54, 1.807) is 24.3 Å². The van der Waals surface area contributed by atoms with Crippen LogP contribution >= 0.6 is 11.6 Å². The lowest BCUT2D eigenvalue weighted by Crippen LogP contribution is -2.54. The summed E-state index contributed by atoms with van der Waals surface area (Å²) in [5.74, 6) is -0.325. The molecular formula is C22H19ClN2O6. The molecule has 1 heterocycles. The highest BCUT2D eigenvalue weighted by atomic mass is 35.5. The van der Waals surface area contributed by atoms with Crippen LogP contribution in [0.25, 0.3) is 6.08 Å². The summed E-state index contributed by atoms with van der Waals surface area (Å²) in [6.45, 7) is 3.88. The van der Waals surface area contributed by atoms with E-state index in [1.165, 1.54) is 38.5 Å². The molecule has 0 bridgehead atoms. The van der Waals surface area contributed by atoms with Crippen LogP contribution in [-0.4, -0.2) is 38.7 Å². The molecule has 2 aromatic carbocycles. The first-order valence-corrected chi connectivity index (χ1v) is 9.44. The van der Waals surface area contributed by atoms with Gasteiger partial charge in [0.1, 0.15) is 17.9 Å². The summed E-state index contributed by atoms with van der Waals surface area (Å²) < 4.78 is 15.9. The minimum absolute atomic E-state index is 0.192. The molecule has 4 amide bonds. The summed E-state index contributed by atoms with van der Waals surface area (Å²) >= 11 is 6.12. The molecule has 9 heteroatoms. The molecule has 0 saturated carbocycles. The predicted octanol–water partition coefficient (Wildman–Crippen LogP) is 3.59. The van der Waals surface area contributed by atoms with Crippen molar-refractivity contribution in [1.29, 1.82) is 0 Å². The maximum Gasteiger partial charge on any atom is 0.335 e. The first kappa shape index (κ1) is 21.9. The van der Waals surface area contributed by atoms with Crippen LogP contribution in [0.2, 0.25) is 5.02 Å². The lowest BCUT2D eigenvalue weighted by atomic mass is 10.1. The van der Waals surface area contributed by atoms with E-state index in [1.807, 2.05) is 0 Å². The van der Waals surface area contributed by atoms with Crippen LogP contribution in [0.4, 0.5) is 10.5 Å². The second-order valence-electron chi connectivity index (χ2n) is 6.29. The van der Waals surface area contributed by atoms with E-state index in [0.717, 1.165) is 4.90 Å².